The first kappa shape index (κ1) is 24.4. The van der Waals surface area contributed by atoms with Crippen molar-refractivity contribution < 1.29 is 40.6 Å². The van der Waals surface area contributed by atoms with Gasteiger partial charge >= 0.3 is 12.4 Å². The number of amides is 1. The molecule has 0 saturated carbocycles. The first-order valence-corrected chi connectivity index (χ1v) is 8.93. The number of carbonyl (C=O) groups is 1. The van der Waals surface area contributed by atoms with Gasteiger partial charge in [-0.25, -0.2) is 4.39 Å². The molecule has 2 aromatic rings. The second-order valence-corrected chi connectivity index (χ2v) is 6.84. The number of halogens is 7. The summed E-state index contributed by atoms with van der Waals surface area (Å²) < 4.78 is 88.9. The Balaban J connectivity index is 2.30. The van der Waals surface area contributed by atoms with Crippen LogP contribution in [0.2, 0.25) is 0 Å². The van der Waals surface area contributed by atoms with Gasteiger partial charge in [-0.1, -0.05) is 24.3 Å². The van der Waals surface area contributed by atoms with Gasteiger partial charge in [0.05, 0.1) is 17.7 Å². The monoisotopic (exact) mass is 449 g/mol. The Hall–Kier alpha value is -2.88. The fraction of sp³-hybridized carbons (Fsp3) is 0.286. The number of alkyl halides is 6. The van der Waals surface area contributed by atoms with Crippen LogP contribution in [0.1, 0.15) is 29.7 Å². The minimum Gasteiger partial charge on any atom is -0.386 e. The predicted molar refractivity (Wildman–Crippen MR) is 98.3 cm³/mol. The molecule has 0 aromatic heterocycles. The summed E-state index contributed by atoms with van der Waals surface area (Å²) in [5.41, 5.74) is -1.12. The first-order valence-electron chi connectivity index (χ1n) is 8.93. The number of hydrogen-bond donors (Lipinski definition) is 2. The molecular formula is C21H18F7NO2. The number of rotatable bonds is 6. The zero-order valence-electron chi connectivity index (χ0n) is 16.1. The number of aliphatic hydroxyl groups is 1. The molecule has 0 heterocycles. The lowest BCUT2D eigenvalue weighted by Gasteiger charge is -2.25. The average molecular weight is 449 g/mol. The third-order valence-corrected chi connectivity index (χ3v) is 4.38. The normalized spacial score (nSPS) is 14.8. The quantitative estimate of drug-likeness (QED) is 0.476. The summed E-state index contributed by atoms with van der Waals surface area (Å²) in [7, 11) is 0. The highest BCUT2D eigenvalue weighted by Crippen LogP contribution is 2.30. The Morgan fingerprint density at radius 2 is 1.55 bits per heavy atom. The van der Waals surface area contributed by atoms with E-state index in [1.54, 1.807) is 0 Å². The maximum atomic E-state index is 13.1. The second-order valence-electron chi connectivity index (χ2n) is 6.84. The molecule has 31 heavy (non-hydrogen) atoms. The number of hydrogen-bond acceptors (Lipinski definition) is 2. The highest BCUT2D eigenvalue weighted by atomic mass is 19.4. The van der Waals surface area contributed by atoms with Crippen molar-refractivity contribution in [2.24, 2.45) is 0 Å². The first-order chi connectivity index (χ1) is 14.3. The molecule has 0 aliphatic carbocycles. The number of carbonyl (C=O) groups excluding carboxylic acids is 1. The molecular weight excluding hydrogens is 431 g/mol. The molecule has 2 N–H and O–H groups in total. The van der Waals surface area contributed by atoms with Crippen LogP contribution in [0.15, 0.2) is 60.2 Å². The van der Waals surface area contributed by atoms with Crippen LogP contribution in [0.4, 0.5) is 30.7 Å². The molecule has 2 unspecified atom stereocenters. The number of benzene rings is 2. The SMILES string of the molecule is CC(=CC(F)(F)F)C(=O)NC(Cc1ccc(C(F)(F)F)cc1)C(O)c1ccc(F)cc1. The zero-order valence-corrected chi connectivity index (χ0v) is 16.1. The maximum absolute atomic E-state index is 13.1. The van der Waals surface area contributed by atoms with Crippen LogP contribution >= 0.6 is 0 Å². The standard InChI is InChI=1S/C21H18F7NO2/c1-12(11-20(23,24)25)19(31)29-17(18(30)14-4-8-16(22)9-5-14)10-13-2-6-15(7-3-13)21(26,27)28/h2-9,11,17-18,30H,10H2,1H3,(H,29,31). The number of nitrogens with one attached hydrogen (secondary N) is 1. The summed E-state index contributed by atoms with van der Waals surface area (Å²) in [5, 5.41) is 12.9. The Bertz CT molecular complexity index is 917. The molecule has 0 radical (unpaired) electrons. The van der Waals surface area contributed by atoms with Gasteiger partial charge in [0.25, 0.3) is 0 Å². The van der Waals surface area contributed by atoms with Crippen LogP contribution in [0.25, 0.3) is 0 Å². The van der Waals surface area contributed by atoms with E-state index in [0.29, 0.717) is 0 Å². The molecule has 2 aromatic carbocycles. The van der Waals surface area contributed by atoms with E-state index in [9.17, 15) is 40.6 Å². The Morgan fingerprint density at radius 1 is 1.00 bits per heavy atom. The van der Waals surface area contributed by atoms with Crippen LogP contribution < -0.4 is 5.32 Å². The minimum atomic E-state index is -4.74. The fourth-order valence-electron chi connectivity index (χ4n) is 2.81. The largest absolute Gasteiger partial charge is 0.416 e. The van der Waals surface area contributed by atoms with Gasteiger partial charge in [-0.05, 0) is 48.7 Å². The highest BCUT2D eigenvalue weighted by Gasteiger charge is 2.31. The van der Waals surface area contributed by atoms with E-state index in [2.05, 4.69) is 5.32 Å². The molecule has 0 aliphatic rings. The summed E-state index contributed by atoms with van der Waals surface area (Å²) in [6.07, 6.45) is -11.2. The van der Waals surface area contributed by atoms with Gasteiger partial charge in [0.15, 0.2) is 0 Å². The maximum Gasteiger partial charge on any atom is 0.416 e. The minimum absolute atomic E-state index is 0.163. The number of aliphatic hydroxyl groups excluding tert-OH is 1. The van der Waals surface area contributed by atoms with Crippen LogP contribution in [-0.4, -0.2) is 23.2 Å². The third kappa shape index (κ3) is 7.39. The van der Waals surface area contributed by atoms with E-state index < -0.39 is 47.4 Å². The number of allylic oxidation sites excluding steroid dienone is 1. The molecule has 2 atom stereocenters. The van der Waals surface area contributed by atoms with E-state index in [1.165, 1.54) is 12.1 Å². The van der Waals surface area contributed by atoms with Gasteiger partial charge in [0.2, 0.25) is 5.91 Å². The Labute approximate surface area is 173 Å². The summed E-state index contributed by atoms with van der Waals surface area (Å²) in [6.45, 7) is 0.933. The molecule has 10 heteroatoms. The Morgan fingerprint density at radius 3 is 2.03 bits per heavy atom. The molecule has 0 fully saturated rings. The van der Waals surface area contributed by atoms with Gasteiger partial charge in [0, 0.05) is 11.6 Å². The van der Waals surface area contributed by atoms with Crippen molar-refractivity contribution in [2.45, 2.75) is 37.8 Å². The van der Waals surface area contributed by atoms with Crippen molar-refractivity contribution in [3.05, 3.63) is 82.7 Å². The van der Waals surface area contributed by atoms with E-state index in [4.69, 9.17) is 0 Å². The summed E-state index contributed by atoms with van der Waals surface area (Å²) in [5.74, 6) is -1.71. The average Bonchev–Trinajstić information content (AvgIpc) is 2.66. The zero-order chi connectivity index (χ0) is 23.4. The van der Waals surface area contributed by atoms with E-state index >= 15 is 0 Å². The van der Waals surface area contributed by atoms with Crippen LogP contribution in [-0.2, 0) is 17.4 Å². The van der Waals surface area contributed by atoms with Crippen molar-refractivity contribution in [3.63, 3.8) is 0 Å². The predicted octanol–water partition coefficient (Wildman–Crippen LogP) is 5.11. The lowest BCUT2D eigenvalue weighted by Crippen LogP contribution is -2.41. The van der Waals surface area contributed by atoms with Crippen molar-refractivity contribution in [1.82, 2.24) is 5.32 Å². The molecule has 1 amide bonds. The van der Waals surface area contributed by atoms with Gasteiger partial charge in [-0.2, -0.15) is 26.3 Å². The van der Waals surface area contributed by atoms with E-state index in [1.807, 2.05) is 0 Å². The molecule has 3 nitrogen and oxygen atoms in total. The molecule has 0 saturated heterocycles. The third-order valence-electron chi connectivity index (χ3n) is 4.38. The molecule has 168 valence electrons. The lowest BCUT2D eigenvalue weighted by molar-refractivity contribution is -0.137. The van der Waals surface area contributed by atoms with Gasteiger partial charge in [0.1, 0.15) is 5.82 Å². The smallest absolute Gasteiger partial charge is 0.386 e. The van der Waals surface area contributed by atoms with Crippen molar-refractivity contribution >= 4 is 5.91 Å². The molecule has 0 spiro atoms. The van der Waals surface area contributed by atoms with Crippen LogP contribution in [0.5, 0.6) is 0 Å². The topological polar surface area (TPSA) is 49.3 Å². The summed E-state index contributed by atoms with van der Waals surface area (Å²) in [6, 6.07) is 7.24. The van der Waals surface area contributed by atoms with Crippen molar-refractivity contribution in [1.29, 1.82) is 0 Å². The summed E-state index contributed by atoms with van der Waals surface area (Å²) in [4.78, 5) is 12.2. The second kappa shape index (κ2) is 9.51. The fourth-order valence-corrected chi connectivity index (χ4v) is 2.81. The van der Waals surface area contributed by atoms with Crippen molar-refractivity contribution in [2.75, 3.05) is 0 Å². The van der Waals surface area contributed by atoms with Gasteiger partial charge in [-0.3, -0.25) is 4.79 Å². The van der Waals surface area contributed by atoms with Crippen LogP contribution in [0, 0.1) is 5.82 Å². The van der Waals surface area contributed by atoms with Crippen LogP contribution in [0.3, 0.4) is 0 Å². The van der Waals surface area contributed by atoms with Crippen molar-refractivity contribution in [3.8, 4) is 0 Å². The van der Waals surface area contributed by atoms with E-state index in [0.717, 1.165) is 43.3 Å². The highest BCUT2D eigenvalue weighted by molar-refractivity contribution is 5.93. The van der Waals surface area contributed by atoms with Gasteiger partial charge < -0.3 is 10.4 Å². The van der Waals surface area contributed by atoms with E-state index in [-0.39, 0.29) is 23.6 Å². The summed E-state index contributed by atoms with van der Waals surface area (Å²) >= 11 is 0. The lowest BCUT2D eigenvalue weighted by atomic mass is 9.95. The molecule has 0 bridgehead atoms. The Kier molecular flexibility index (Phi) is 7.48. The molecule has 0 aliphatic heterocycles. The van der Waals surface area contributed by atoms with Gasteiger partial charge in [-0.15, -0.1) is 0 Å². The molecule has 2 rings (SSSR count).